The summed E-state index contributed by atoms with van der Waals surface area (Å²) < 4.78 is 25.1. The third-order valence-corrected chi connectivity index (χ3v) is 5.67. The van der Waals surface area contributed by atoms with Crippen molar-refractivity contribution in [2.45, 2.75) is 24.7 Å². The second kappa shape index (κ2) is 5.14. The third-order valence-electron chi connectivity index (χ3n) is 3.96. The number of para-hydroxylation sites is 1. The van der Waals surface area contributed by atoms with Gasteiger partial charge in [0.25, 0.3) is 5.91 Å². The van der Waals surface area contributed by atoms with Crippen molar-refractivity contribution in [3.8, 4) is 0 Å². The number of carbonyl (C=O) groups is 1. The topological polar surface area (TPSA) is 78.8 Å². The summed E-state index contributed by atoms with van der Waals surface area (Å²) in [5.74, 6) is 0.0571. The van der Waals surface area contributed by atoms with Gasteiger partial charge >= 0.3 is 0 Å². The highest BCUT2D eigenvalue weighted by atomic mass is 32.2. The van der Waals surface area contributed by atoms with E-state index in [1.165, 1.54) is 6.07 Å². The molecule has 0 radical (unpaired) electrons. The number of nitrogens with one attached hydrogen (secondary N) is 1. The molecule has 0 unspecified atom stereocenters. The van der Waals surface area contributed by atoms with Gasteiger partial charge in [0.15, 0.2) is 0 Å². The molecule has 0 saturated carbocycles. The predicted molar refractivity (Wildman–Crippen MR) is 79.7 cm³/mol. The molecule has 1 aromatic carbocycles. The number of sulfone groups is 1. The number of hydrogen-bond acceptors (Lipinski definition) is 5. The van der Waals surface area contributed by atoms with Crippen molar-refractivity contribution in [3.63, 3.8) is 0 Å². The molecule has 2 aliphatic rings. The molecular formula is C14H17N3O3S. The Morgan fingerprint density at radius 2 is 1.95 bits per heavy atom. The average Bonchev–Trinajstić information content (AvgIpc) is 2.47. The lowest BCUT2D eigenvalue weighted by molar-refractivity contribution is -0.125. The normalized spacial score (nSPS) is 21.2. The quantitative estimate of drug-likeness (QED) is 0.852. The Bertz CT molecular complexity index is 704. The fourth-order valence-electron chi connectivity index (χ4n) is 2.58. The van der Waals surface area contributed by atoms with E-state index in [0.717, 1.165) is 12.8 Å². The Morgan fingerprint density at radius 1 is 1.29 bits per heavy atom. The number of fused-ring (bicyclic) bond motifs is 1. The van der Waals surface area contributed by atoms with Gasteiger partial charge in [-0.2, -0.15) is 5.10 Å². The highest BCUT2D eigenvalue weighted by Gasteiger charge is 2.37. The molecule has 1 amide bonds. The van der Waals surface area contributed by atoms with Gasteiger partial charge in [0, 0.05) is 13.1 Å². The molecule has 0 aromatic heterocycles. The first-order valence-corrected chi connectivity index (χ1v) is 8.45. The average molecular weight is 307 g/mol. The van der Waals surface area contributed by atoms with Gasteiger partial charge in [-0.15, -0.1) is 0 Å². The number of benzene rings is 1. The van der Waals surface area contributed by atoms with E-state index < -0.39 is 20.8 Å². The Balaban J connectivity index is 1.90. The van der Waals surface area contributed by atoms with Crippen LogP contribution in [0, 0.1) is 5.92 Å². The van der Waals surface area contributed by atoms with Crippen molar-refractivity contribution in [3.05, 3.63) is 24.3 Å². The molecule has 0 bridgehead atoms. The summed E-state index contributed by atoms with van der Waals surface area (Å²) in [6, 6.07) is 6.46. The number of hydrogen-bond donors (Lipinski definition) is 1. The van der Waals surface area contributed by atoms with Crippen molar-refractivity contribution in [1.29, 1.82) is 0 Å². The van der Waals surface area contributed by atoms with E-state index >= 15 is 0 Å². The van der Waals surface area contributed by atoms with Gasteiger partial charge in [0.05, 0.1) is 10.6 Å². The largest absolute Gasteiger partial charge is 0.337 e. The summed E-state index contributed by atoms with van der Waals surface area (Å²) in [4.78, 5) is 14.1. The summed E-state index contributed by atoms with van der Waals surface area (Å²) in [7, 11) is -3.85. The highest BCUT2D eigenvalue weighted by molar-refractivity contribution is 8.08. The zero-order valence-corrected chi connectivity index (χ0v) is 12.6. The van der Waals surface area contributed by atoms with Crippen LogP contribution in [0.25, 0.3) is 0 Å². The molecule has 1 N–H and O–H groups in total. The molecular weight excluding hydrogens is 290 g/mol. The van der Waals surface area contributed by atoms with Gasteiger partial charge in [-0.1, -0.05) is 19.1 Å². The molecule has 0 aliphatic carbocycles. The molecule has 2 aliphatic heterocycles. The number of amides is 1. The van der Waals surface area contributed by atoms with Crippen LogP contribution in [-0.4, -0.2) is 37.4 Å². The lowest BCUT2D eigenvalue weighted by Gasteiger charge is -2.31. The van der Waals surface area contributed by atoms with Gasteiger partial charge in [-0.3, -0.25) is 10.2 Å². The molecule has 7 heteroatoms. The van der Waals surface area contributed by atoms with Crippen molar-refractivity contribution in [1.82, 2.24) is 4.90 Å². The van der Waals surface area contributed by atoms with Gasteiger partial charge in [-0.05, 0) is 30.9 Å². The monoisotopic (exact) mass is 307 g/mol. The van der Waals surface area contributed by atoms with Crippen molar-refractivity contribution in [2.75, 3.05) is 18.5 Å². The molecule has 1 fully saturated rings. The fraction of sp³-hybridized carbons (Fsp3) is 0.429. The number of carbonyl (C=O) groups excluding carboxylic acids is 1. The van der Waals surface area contributed by atoms with Gasteiger partial charge in [-0.25, -0.2) is 8.42 Å². The number of hydrazone groups is 1. The van der Waals surface area contributed by atoms with E-state index in [1.54, 1.807) is 23.1 Å². The fourth-order valence-corrected chi connectivity index (χ4v) is 3.97. The van der Waals surface area contributed by atoms with Crippen LogP contribution >= 0.6 is 0 Å². The number of nitrogens with zero attached hydrogens (tertiary/aromatic N) is 2. The van der Waals surface area contributed by atoms with Crippen molar-refractivity contribution < 1.29 is 13.2 Å². The molecule has 1 aromatic rings. The van der Waals surface area contributed by atoms with E-state index in [-0.39, 0.29) is 4.90 Å². The molecule has 2 heterocycles. The Labute approximate surface area is 123 Å². The highest BCUT2D eigenvalue weighted by Crippen LogP contribution is 2.28. The third kappa shape index (κ3) is 2.42. The lowest BCUT2D eigenvalue weighted by atomic mass is 9.99. The van der Waals surface area contributed by atoms with E-state index in [1.807, 2.05) is 0 Å². The van der Waals surface area contributed by atoms with Crippen LogP contribution in [0.1, 0.15) is 19.8 Å². The van der Waals surface area contributed by atoms with Crippen molar-refractivity contribution >= 4 is 26.5 Å². The Kier molecular flexibility index (Phi) is 3.44. The van der Waals surface area contributed by atoms with E-state index in [0.29, 0.717) is 24.7 Å². The van der Waals surface area contributed by atoms with Crippen LogP contribution in [0.2, 0.25) is 0 Å². The maximum absolute atomic E-state index is 12.5. The van der Waals surface area contributed by atoms with Gasteiger partial charge in [0.1, 0.15) is 0 Å². The van der Waals surface area contributed by atoms with Crippen LogP contribution in [0.5, 0.6) is 0 Å². The SMILES string of the molecule is CC1CCN(C(=O)C2=NNc3ccccc3S2(=O)=O)CC1. The van der Waals surface area contributed by atoms with Gasteiger partial charge < -0.3 is 4.90 Å². The second-order valence-corrected chi connectivity index (χ2v) is 7.34. The minimum absolute atomic E-state index is 0.105. The van der Waals surface area contributed by atoms with Crippen LogP contribution in [0.15, 0.2) is 34.3 Å². The minimum Gasteiger partial charge on any atom is -0.337 e. The summed E-state index contributed by atoms with van der Waals surface area (Å²) in [6.45, 7) is 3.29. The summed E-state index contributed by atoms with van der Waals surface area (Å²) >= 11 is 0. The lowest BCUT2D eigenvalue weighted by Crippen LogP contribution is -2.45. The van der Waals surface area contributed by atoms with Crippen LogP contribution in [0.3, 0.4) is 0 Å². The number of likely N-dealkylation sites (tertiary alicyclic amines) is 1. The molecule has 21 heavy (non-hydrogen) atoms. The molecule has 112 valence electrons. The second-order valence-electron chi connectivity index (χ2n) is 5.50. The first kappa shape index (κ1) is 14.1. The molecule has 0 spiro atoms. The minimum atomic E-state index is -3.85. The summed E-state index contributed by atoms with van der Waals surface area (Å²) in [5.41, 5.74) is 3.06. The maximum Gasteiger partial charge on any atom is 0.286 e. The van der Waals surface area contributed by atoms with Gasteiger partial charge in [0.2, 0.25) is 14.9 Å². The number of rotatable bonds is 1. The Hall–Kier alpha value is -1.89. The molecule has 0 atom stereocenters. The standard InChI is InChI=1S/C14H17N3O3S/c1-10-6-8-17(9-7-10)14(18)13-16-15-11-4-2-3-5-12(11)21(13,19)20/h2-5,10,15H,6-9H2,1H3. The molecule has 1 saturated heterocycles. The van der Waals surface area contributed by atoms with Crippen LogP contribution < -0.4 is 5.43 Å². The predicted octanol–water partition coefficient (Wildman–Crippen LogP) is 1.46. The molecule has 3 rings (SSSR count). The van der Waals surface area contributed by atoms with E-state index in [4.69, 9.17) is 0 Å². The molecule has 6 nitrogen and oxygen atoms in total. The first-order chi connectivity index (χ1) is 10.00. The maximum atomic E-state index is 12.5. The summed E-state index contributed by atoms with van der Waals surface area (Å²) in [5, 5.41) is 3.40. The van der Waals surface area contributed by atoms with E-state index in [9.17, 15) is 13.2 Å². The Morgan fingerprint density at radius 3 is 2.67 bits per heavy atom. The number of anilines is 1. The number of piperidine rings is 1. The van der Waals surface area contributed by atoms with E-state index in [2.05, 4.69) is 17.5 Å². The summed E-state index contributed by atoms with van der Waals surface area (Å²) in [6.07, 6.45) is 1.78. The smallest absolute Gasteiger partial charge is 0.286 e. The van der Waals surface area contributed by atoms with Crippen LogP contribution in [-0.2, 0) is 14.6 Å². The van der Waals surface area contributed by atoms with Crippen molar-refractivity contribution in [2.24, 2.45) is 11.0 Å². The first-order valence-electron chi connectivity index (χ1n) is 6.97. The zero-order chi connectivity index (χ0) is 15.0. The van der Waals surface area contributed by atoms with Crippen LogP contribution in [0.4, 0.5) is 5.69 Å². The zero-order valence-electron chi connectivity index (χ0n) is 11.7.